The van der Waals surface area contributed by atoms with Gasteiger partial charge in [0.2, 0.25) is 0 Å². The smallest absolute Gasteiger partial charge is 0.333 e. The second-order valence-electron chi connectivity index (χ2n) is 7.66. The lowest BCUT2D eigenvalue weighted by molar-refractivity contribution is 0.259. The SMILES string of the molecule is COc1ccccc1NC(=O)N(C1=NCCCCC1)c1nc(-c2ccc(OC)c(OC)c2)cs1. The van der Waals surface area contributed by atoms with E-state index in [1.54, 1.807) is 32.3 Å². The Kier molecular flexibility index (Phi) is 7.64. The summed E-state index contributed by atoms with van der Waals surface area (Å²) in [5.74, 6) is 2.57. The summed E-state index contributed by atoms with van der Waals surface area (Å²) in [6, 6.07) is 12.6. The molecule has 0 fully saturated rings. The fourth-order valence-corrected chi connectivity index (χ4v) is 4.62. The number of hydrogen-bond acceptors (Lipinski definition) is 7. The van der Waals surface area contributed by atoms with E-state index in [-0.39, 0.29) is 6.03 Å². The maximum Gasteiger partial charge on any atom is 0.333 e. The van der Waals surface area contributed by atoms with Crippen molar-refractivity contribution in [2.45, 2.75) is 25.7 Å². The number of aromatic nitrogens is 1. The number of carbonyl (C=O) groups excluding carboxylic acids is 1. The molecule has 0 atom stereocenters. The molecule has 0 aliphatic carbocycles. The van der Waals surface area contributed by atoms with Gasteiger partial charge in [-0.25, -0.2) is 14.7 Å². The predicted molar refractivity (Wildman–Crippen MR) is 136 cm³/mol. The van der Waals surface area contributed by atoms with Crippen LogP contribution in [0.1, 0.15) is 25.7 Å². The highest BCUT2D eigenvalue weighted by Crippen LogP contribution is 2.35. The number of anilines is 2. The second-order valence-corrected chi connectivity index (χ2v) is 8.50. The first kappa shape index (κ1) is 23.6. The van der Waals surface area contributed by atoms with Gasteiger partial charge in [-0.05, 0) is 43.2 Å². The number of hydrogen-bond donors (Lipinski definition) is 1. The van der Waals surface area contributed by atoms with Gasteiger partial charge in [-0.1, -0.05) is 18.6 Å². The minimum absolute atomic E-state index is 0.321. The molecule has 0 radical (unpaired) electrons. The lowest BCUT2D eigenvalue weighted by Gasteiger charge is -2.22. The number of nitrogens with one attached hydrogen (secondary N) is 1. The minimum atomic E-state index is -0.321. The van der Waals surface area contributed by atoms with Crippen LogP contribution < -0.4 is 24.4 Å². The molecule has 178 valence electrons. The van der Waals surface area contributed by atoms with Crippen molar-refractivity contribution in [3.63, 3.8) is 0 Å². The van der Waals surface area contributed by atoms with E-state index < -0.39 is 0 Å². The van der Waals surface area contributed by atoms with Crippen molar-refractivity contribution in [2.24, 2.45) is 4.99 Å². The van der Waals surface area contributed by atoms with Crippen molar-refractivity contribution >= 4 is 34.0 Å². The third-order valence-electron chi connectivity index (χ3n) is 5.53. The number of para-hydroxylation sites is 2. The van der Waals surface area contributed by atoms with Crippen molar-refractivity contribution in [1.82, 2.24) is 4.98 Å². The van der Waals surface area contributed by atoms with Gasteiger partial charge in [0.05, 0.1) is 32.7 Å². The molecule has 1 N–H and O–H groups in total. The van der Waals surface area contributed by atoms with Crippen molar-refractivity contribution < 1.29 is 19.0 Å². The maximum atomic E-state index is 13.5. The van der Waals surface area contributed by atoms with Gasteiger partial charge in [0.15, 0.2) is 16.6 Å². The van der Waals surface area contributed by atoms with Gasteiger partial charge in [-0.15, -0.1) is 11.3 Å². The molecule has 0 spiro atoms. The Balaban J connectivity index is 1.68. The highest BCUT2D eigenvalue weighted by Gasteiger charge is 2.26. The number of urea groups is 1. The number of ether oxygens (including phenoxy) is 3. The number of thiazole rings is 1. The molecule has 34 heavy (non-hydrogen) atoms. The molecule has 9 heteroatoms. The standard InChI is InChI=1S/C25H28N4O4S/c1-31-20-10-7-6-9-18(20)27-24(30)29(23-11-5-4-8-14-26-23)25-28-19(16-34-25)17-12-13-21(32-2)22(15-17)33-3/h6-7,9-10,12-13,15-16H,4-5,8,11,14H2,1-3H3,(H,27,30). The summed E-state index contributed by atoms with van der Waals surface area (Å²) in [6.07, 6.45) is 3.79. The maximum absolute atomic E-state index is 13.5. The molecule has 1 aromatic heterocycles. The summed E-state index contributed by atoms with van der Waals surface area (Å²) in [6.45, 7) is 0.696. The van der Waals surface area contributed by atoms with Crippen LogP contribution in [0.25, 0.3) is 11.3 Å². The van der Waals surface area contributed by atoms with Crippen molar-refractivity contribution in [1.29, 1.82) is 0 Å². The number of amidine groups is 1. The van der Waals surface area contributed by atoms with Gasteiger partial charge < -0.3 is 19.5 Å². The molecule has 0 unspecified atom stereocenters. The zero-order chi connectivity index (χ0) is 23.9. The van der Waals surface area contributed by atoms with Crippen LogP contribution in [-0.4, -0.2) is 44.7 Å². The lowest BCUT2D eigenvalue weighted by Crippen LogP contribution is -2.40. The molecular formula is C25H28N4O4S. The van der Waals surface area contributed by atoms with E-state index in [1.165, 1.54) is 11.3 Å². The summed E-state index contributed by atoms with van der Waals surface area (Å²) in [7, 11) is 4.78. The van der Waals surface area contributed by atoms with E-state index in [0.29, 0.717) is 41.0 Å². The Morgan fingerprint density at radius 3 is 2.56 bits per heavy atom. The van der Waals surface area contributed by atoms with Gasteiger partial charge in [0.25, 0.3) is 0 Å². The van der Waals surface area contributed by atoms with Crippen LogP contribution >= 0.6 is 11.3 Å². The van der Waals surface area contributed by atoms with Crippen LogP contribution in [0, 0.1) is 0 Å². The molecule has 8 nitrogen and oxygen atoms in total. The summed E-state index contributed by atoms with van der Waals surface area (Å²) in [4.78, 5) is 24.6. The zero-order valence-electron chi connectivity index (χ0n) is 19.5. The number of rotatable bonds is 6. The Morgan fingerprint density at radius 2 is 1.76 bits per heavy atom. The number of methoxy groups -OCH3 is 3. The summed E-state index contributed by atoms with van der Waals surface area (Å²) in [5, 5.41) is 5.45. The largest absolute Gasteiger partial charge is 0.495 e. The molecule has 0 saturated heterocycles. The van der Waals surface area contributed by atoms with Crippen LogP contribution in [0.3, 0.4) is 0 Å². The second kappa shape index (κ2) is 11.0. The molecule has 0 bridgehead atoms. The molecule has 2 heterocycles. The molecule has 2 amide bonds. The molecule has 4 rings (SSSR count). The first-order chi connectivity index (χ1) is 16.6. The fraction of sp³-hybridized carbons (Fsp3) is 0.320. The Hall–Kier alpha value is -3.59. The number of carbonyl (C=O) groups is 1. The molecule has 1 aliphatic rings. The zero-order valence-corrected chi connectivity index (χ0v) is 20.4. The predicted octanol–water partition coefficient (Wildman–Crippen LogP) is 5.85. The van der Waals surface area contributed by atoms with E-state index in [0.717, 1.165) is 36.4 Å². The topological polar surface area (TPSA) is 85.3 Å². The van der Waals surface area contributed by atoms with Crippen LogP contribution in [0.2, 0.25) is 0 Å². The molecule has 2 aromatic carbocycles. The van der Waals surface area contributed by atoms with Crippen LogP contribution in [0.5, 0.6) is 17.2 Å². The van der Waals surface area contributed by atoms with Gasteiger partial charge in [-0.2, -0.15) is 0 Å². The van der Waals surface area contributed by atoms with Crippen molar-refractivity contribution in [3.8, 4) is 28.5 Å². The molecule has 3 aromatic rings. The van der Waals surface area contributed by atoms with E-state index in [9.17, 15) is 4.79 Å². The van der Waals surface area contributed by atoms with Gasteiger partial charge in [0, 0.05) is 23.9 Å². The monoisotopic (exact) mass is 480 g/mol. The lowest BCUT2D eigenvalue weighted by atomic mass is 10.1. The Morgan fingerprint density at radius 1 is 0.971 bits per heavy atom. The number of benzene rings is 2. The van der Waals surface area contributed by atoms with Crippen LogP contribution in [-0.2, 0) is 0 Å². The average Bonchev–Trinajstić information content (AvgIpc) is 3.19. The quantitative estimate of drug-likeness (QED) is 0.479. The summed E-state index contributed by atoms with van der Waals surface area (Å²) >= 11 is 1.40. The number of aliphatic imine (C=N–C) groups is 1. The Labute approximate surface area is 203 Å². The van der Waals surface area contributed by atoms with Gasteiger partial charge in [-0.3, -0.25) is 4.99 Å². The van der Waals surface area contributed by atoms with E-state index >= 15 is 0 Å². The molecule has 1 aliphatic heterocycles. The van der Waals surface area contributed by atoms with Crippen LogP contribution in [0.15, 0.2) is 52.8 Å². The highest BCUT2D eigenvalue weighted by molar-refractivity contribution is 7.14. The first-order valence-corrected chi connectivity index (χ1v) is 12.0. The third-order valence-corrected chi connectivity index (χ3v) is 6.35. The Bertz CT molecular complexity index is 1180. The van der Waals surface area contributed by atoms with Crippen molar-refractivity contribution in [3.05, 3.63) is 47.8 Å². The number of nitrogens with zero attached hydrogens (tertiary/aromatic N) is 3. The van der Waals surface area contributed by atoms with E-state index in [1.807, 2.05) is 41.8 Å². The van der Waals surface area contributed by atoms with E-state index in [2.05, 4.69) is 5.32 Å². The third kappa shape index (κ3) is 5.14. The van der Waals surface area contributed by atoms with Crippen LogP contribution in [0.4, 0.5) is 15.6 Å². The molecule has 0 saturated carbocycles. The minimum Gasteiger partial charge on any atom is -0.495 e. The number of amides is 2. The van der Waals surface area contributed by atoms with Gasteiger partial charge in [0.1, 0.15) is 11.6 Å². The fourth-order valence-electron chi connectivity index (χ4n) is 3.77. The summed E-state index contributed by atoms with van der Waals surface area (Å²) < 4.78 is 16.2. The average molecular weight is 481 g/mol. The van der Waals surface area contributed by atoms with Gasteiger partial charge >= 0.3 is 6.03 Å². The van der Waals surface area contributed by atoms with E-state index in [4.69, 9.17) is 24.2 Å². The first-order valence-electron chi connectivity index (χ1n) is 11.1. The summed E-state index contributed by atoms with van der Waals surface area (Å²) in [5.41, 5.74) is 2.20. The van der Waals surface area contributed by atoms with Crippen molar-refractivity contribution in [2.75, 3.05) is 38.1 Å². The molecular weight excluding hydrogens is 452 g/mol. The highest BCUT2D eigenvalue weighted by atomic mass is 32.1. The normalized spacial score (nSPS) is 13.4.